The van der Waals surface area contributed by atoms with E-state index in [2.05, 4.69) is 5.32 Å². The zero-order chi connectivity index (χ0) is 18.7. The van der Waals surface area contributed by atoms with Gasteiger partial charge in [0.1, 0.15) is 0 Å². The Labute approximate surface area is 152 Å². The molecular formula is C18H20N2O5S. The first-order chi connectivity index (χ1) is 12.3. The molecule has 1 aliphatic rings. The van der Waals surface area contributed by atoms with Gasteiger partial charge >= 0.3 is 0 Å². The maximum Gasteiger partial charge on any atom is 0.239 e. The molecule has 26 heavy (non-hydrogen) atoms. The number of carbonyl (C=O) groups excluding carboxylic acids is 1. The van der Waals surface area contributed by atoms with E-state index in [1.165, 1.54) is 0 Å². The van der Waals surface area contributed by atoms with E-state index < -0.39 is 15.9 Å². The molecule has 1 aliphatic heterocycles. The number of sulfonamides is 1. The summed E-state index contributed by atoms with van der Waals surface area (Å²) in [6.07, 6.45) is 1.08. The molecule has 8 heteroatoms. The molecular weight excluding hydrogens is 356 g/mol. The van der Waals surface area contributed by atoms with E-state index in [0.29, 0.717) is 22.7 Å². The quantitative estimate of drug-likeness (QED) is 0.835. The van der Waals surface area contributed by atoms with Crippen molar-refractivity contribution in [2.45, 2.75) is 13.5 Å². The normalized spacial score (nSPS) is 13.0. The molecule has 0 saturated heterocycles. The highest BCUT2D eigenvalue weighted by molar-refractivity contribution is 7.88. The van der Waals surface area contributed by atoms with Crippen LogP contribution in [0.2, 0.25) is 0 Å². The van der Waals surface area contributed by atoms with Gasteiger partial charge in [-0.05, 0) is 42.3 Å². The number of hydrogen-bond donors (Lipinski definition) is 1. The number of amides is 1. The molecule has 138 valence electrons. The predicted molar refractivity (Wildman–Crippen MR) is 97.6 cm³/mol. The Morgan fingerprint density at radius 1 is 1.15 bits per heavy atom. The molecule has 0 bridgehead atoms. The minimum atomic E-state index is -3.57. The van der Waals surface area contributed by atoms with Crippen LogP contribution in [0.15, 0.2) is 42.5 Å². The van der Waals surface area contributed by atoms with E-state index >= 15 is 0 Å². The minimum absolute atomic E-state index is 0.0662. The number of nitrogens with zero attached hydrogens (tertiary/aromatic N) is 1. The number of benzene rings is 2. The van der Waals surface area contributed by atoms with E-state index in [9.17, 15) is 13.2 Å². The summed E-state index contributed by atoms with van der Waals surface area (Å²) < 4.78 is 35.9. The number of hydrogen-bond acceptors (Lipinski definition) is 5. The first-order valence-electron chi connectivity index (χ1n) is 8.01. The van der Waals surface area contributed by atoms with Gasteiger partial charge in [-0.25, -0.2) is 8.42 Å². The summed E-state index contributed by atoms with van der Waals surface area (Å²) >= 11 is 0. The Balaban J connectivity index is 1.71. The SMILES string of the molecule is Cc1cccc(NC(=O)CN(Cc2ccc3c(c2)OCO3)S(C)(=O)=O)c1. The second-order valence-electron chi connectivity index (χ2n) is 6.14. The summed E-state index contributed by atoms with van der Waals surface area (Å²) in [6.45, 7) is 1.85. The molecule has 2 aromatic carbocycles. The third-order valence-corrected chi connectivity index (χ3v) is 5.08. The lowest BCUT2D eigenvalue weighted by Crippen LogP contribution is -2.36. The number of rotatable bonds is 6. The van der Waals surface area contributed by atoms with E-state index in [1.807, 2.05) is 25.1 Å². The van der Waals surface area contributed by atoms with Crippen molar-refractivity contribution in [2.24, 2.45) is 0 Å². The third-order valence-electron chi connectivity index (χ3n) is 3.89. The fourth-order valence-corrected chi connectivity index (χ4v) is 3.35. The largest absolute Gasteiger partial charge is 0.454 e. The summed E-state index contributed by atoms with van der Waals surface area (Å²) in [6, 6.07) is 12.5. The van der Waals surface area contributed by atoms with Gasteiger partial charge in [-0.2, -0.15) is 4.31 Å². The Kier molecular flexibility index (Phi) is 5.15. The fourth-order valence-electron chi connectivity index (χ4n) is 2.62. The van der Waals surface area contributed by atoms with Gasteiger partial charge in [-0.1, -0.05) is 18.2 Å². The monoisotopic (exact) mass is 376 g/mol. The predicted octanol–water partition coefficient (Wildman–Crippen LogP) is 2.12. The van der Waals surface area contributed by atoms with Crippen LogP contribution in [0.5, 0.6) is 11.5 Å². The highest BCUT2D eigenvalue weighted by Crippen LogP contribution is 2.32. The molecule has 0 aliphatic carbocycles. The number of anilines is 1. The molecule has 0 radical (unpaired) electrons. The van der Waals surface area contributed by atoms with E-state index in [1.54, 1.807) is 24.3 Å². The van der Waals surface area contributed by atoms with Crippen molar-refractivity contribution in [3.63, 3.8) is 0 Å². The summed E-state index contributed by atoms with van der Waals surface area (Å²) in [5.41, 5.74) is 2.35. The van der Waals surface area contributed by atoms with Crippen molar-refractivity contribution in [3.05, 3.63) is 53.6 Å². The van der Waals surface area contributed by atoms with Gasteiger partial charge in [0.05, 0.1) is 12.8 Å². The van der Waals surface area contributed by atoms with Crippen molar-refractivity contribution in [3.8, 4) is 11.5 Å². The van der Waals surface area contributed by atoms with Gasteiger partial charge in [-0.3, -0.25) is 4.79 Å². The molecule has 1 N–H and O–H groups in total. The Bertz CT molecular complexity index is 927. The minimum Gasteiger partial charge on any atom is -0.454 e. The maximum atomic E-state index is 12.3. The lowest BCUT2D eigenvalue weighted by molar-refractivity contribution is -0.116. The Hall–Kier alpha value is -2.58. The summed E-state index contributed by atoms with van der Waals surface area (Å²) in [7, 11) is -3.57. The van der Waals surface area contributed by atoms with Crippen LogP contribution in [0, 0.1) is 6.92 Å². The lowest BCUT2D eigenvalue weighted by Gasteiger charge is -2.20. The van der Waals surface area contributed by atoms with Crippen LogP contribution in [0.1, 0.15) is 11.1 Å². The summed E-state index contributed by atoms with van der Waals surface area (Å²) in [5.74, 6) is 0.791. The molecule has 0 fully saturated rings. The second-order valence-corrected chi connectivity index (χ2v) is 8.12. The number of nitrogens with one attached hydrogen (secondary N) is 1. The second kappa shape index (κ2) is 7.35. The van der Waals surface area contributed by atoms with Crippen LogP contribution in [-0.4, -0.2) is 38.2 Å². The number of aryl methyl sites for hydroxylation is 1. The first-order valence-corrected chi connectivity index (χ1v) is 9.86. The maximum absolute atomic E-state index is 12.3. The van der Waals surface area contributed by atoms with Crippen molar-refractivity contribution in [1.82, 2.24) is 4.31 Å². The topological polar surface area (TPSA) is 84.9 Å². The number of fused-ring (bicyclic) bond motifs is 1. The summed E-state index contributed by atoms with van der Waals surface area (Å²) in [4.78, 5) is 12.3. The Morgan fingerprint density at radius 3 is 2.65 bits per heavy atom. The van der Waals surface area contributed by atoms with Crippen molar-refractivity contribution < 1.29 is 22.7 Å². The Morgan fingerprint density at radius 2 is 1.92 bits per heavy atom. The first kappa shape index (κ1) is 18.2. The molecule has 7 nitrogen and oxygen atoms in total. The van der Waals surface area contributed by atoms with Crippen molar-refractivity contribution in [2.75, 3.05) is 24.9 Å². The zero-order valence-electron chi connectivity index (χ0n) is 14.6. The standard InChI is InChI=1S/C18H20N2O5S/c1-13-4-3-5-15(8-13)19-18(21)11-20(26(2,22)23)10-14-6-7-16-17(9-14)25-12-24-16/h3-9H,10-12H2,1-2H3,(H,19,21). The van der Waals surface area contributed by atoms with Gasteiger partial charge in [0.2, 0.25) is 22.7 Å². The van der Waals surface area contributed by atoms with Gasteiger partial charge in [0.15, 0.2) is 11.5 Å². The van der Waals surface area contributed by atoms with Crippen LogP contribution in [-0.2, 0) is 21.4 Å². The van der Waals surface area contributed by atoms with Crippen LogP contribution in [0.4, 0.5) is 5.69 Å². The molecule has 0 saturated carbocycles. The van der Waals surface area contributed by atoms with E-state index in [4.69, 9.17) is 9.47 Å². The van der Waals surface area contributed by atoms with Gasteiger partial charge in [0.25, 0.3) is 0 Å². The number of carbonyl (C=O) groups is 1. The smallest absolute Gasteiger partial charge is 0.239 e. The van der Waals surface area contributed by atoms with Crippen LogP contribution in [0.25, 0.3) is 0 Å². The highest BCUT2D eigenvalue weighted by atomic mass is 32.2. The molecule has 1 amide bonds. The van der Waals surface area contributed by atoms with E-state index in [-0.39, 0.29) is 19.9 Å². The number of ether oxygens (including phenoxy) is 2. The van der Waals surface area contributed by atoms with Gasteiger partial charge in [-0.15, -0.1) is 0 Å². The molecule has 0 spiro atoms. The van der Waals surface area contributed by atoms with Crippen molar-refractivity contribution in [1.29, 1.82) is 0 Å². The highest BCUT2D eigenvalue weighted by Gasteiger charge is 2.22. The van der Waals surface area contributed by atoms with Crippen LogP contribution >= 0.6 is 0 Å². The van der Waals surface area contributed by atoms with Crippen LogP contribution < -0.4 is 14.8 Å². The van der Waals surface area contributed by atoms with Gasteiger partial charge in [0, 0.05) is 12.2 Å². The fraction of sp³-hybridized carbons (Fsp3) is 0.278. The molecule has 0 unspecified atom stereocenters. The third kappa shape index (κ3) is 4.53. The molecule has 3 rings (SSSR count). The van der Waals surface area contributed by atoms with E-state index in [0.717, 1.165) is 16.1 Å². The average Bonchev–Trinajstić information content (AvgIpc) is 3.01. The molecule has 0 atom stereocenters. The van der Waals surface area contributed by atoms with Crippen molar-refractivity contribution >= 4 is 21.6 Å². The van der Waals surface area contributed by atoms with Crippen LogP contribution in [0.3, 0.4) is 0 Å². The lowest BCUT2D eigenvalue weighted by atomic mass is 10.2. The molecule has 1 heterocycles. The van der Waals surface area contributed by atoms with Gasteiger partial charge < -0.3 is 14.8 Å². The average molecular weight is 376 g/mol. The summed E-state index contributed by atoms with van der Waals surface area (Å²) in [5, 5.41) is 2.72. The zero-order valence-corrected chi connectivity index (χ0v) is 15.4. The molecule has 0 aromatic heterocycles. The molecule has 2 aromatic rings.